The molecule has 5 heteroatoms. The number of aromatic nitrogens is 2. The van der Waals surface area contributed by atoms with Gasteiger partial charge in [0.15, 0.2) is 17.0 Å². The summed E-state index contributed by atoms with van der Waals surface area (Å²) < 4.78 is 5.13. The van der Waals surface area contributed by atoms with Gasteiger partial charge in [-0.15, -0.1) is 0 Å². The topological polar surface area (TPSA) is 84.9 Å². The van der Waals surface area contributed by atoms with E-state index in [0.29, 0.717) is 17.1 Å². The lowest BCUT2D eigenvalue weighted by molar-refractivity contribution is 0.434. The van der Waals surface area contributed by atoms with Crippen molar-refractivity contribution in [3.05, 3.63) is 34.2 Å². The fourth-order valence-corrected chi connectivity index (χ4v) is 1.66. The maximum absolute atomic E-state index is 11.7. The number of rotatable bonds is 2. The minimum absolute atomic E-state index is 0.114. The summed E-state index contributed by atoms with van der Waals surface area (Å²) >= 11 is 0. The van der Waals surface area contributed by atoms with Gasteiger partial charge in [0, 0.05) is 24.0 Å². The maximum Gasteiger partial charge on any atom is 0.192 e. The summed E-state index contributed by atoms with van der Waals surface area (Å²) in [6, 6.07) is 1.44. The lowest BCUT2D eigenvalue weighted by atomic mass is 10.0. The molecule has 0 amide bonds. The van der Waals surface area contributed by atoms with Gasteiger partial charge in [-0.2, -0.15) is 0 Å². The van der Waals surface area contributed by atoms with Gasteiger partial charge in [0.25, 0.3) is 0 Å². The standard InChI is InChI=1S/C11H13N3O2/c1-6(2)9-10(16-14-11(9)12)7-5-13-4-3-8(7)15/h3-6H,1-2H3,(H2,12,14)(H,13,15). The average Bonchev–Trinajstić information content (AvgIpc) is 2.61. The smallest absolute Gasteiger partial charge is 0.192 e. The van der Waals surface area contributed by atoms with E-state index in [4.69, 9.17) is 10.3 Å². The molecular weight excluding hydrogens is 206 g/mol. The van der Waals surface area contributed by atoms with E-state index in [1.165, 1.54) is 6.07 Å². The molecule has 0 radical (unpaired) electrons. The zero-order chi connectivity index (χ0) is 11.7. The molecule has 0 bridgehead atoms. The zero-order valence-electron chi connectivity index (χ0n) is 9.15. The number of H-pyrrole nitrogens is 1. The van der Waals surface area contributed by atoms with Gasteiger partial charge in [0.1, 0.15) is 0 Å². The van der Waals surface area contributed by atoms with E-state index in [9.17, 15) is 4.79 Å². The second kappa shape index (κ2) is 3.84. The molecule has 0 fully saturated rings. The van der Waals surface area contributed by atoms with Crippen LogP contribution in [0.25, 0.3) is 11.3 Å². The Balaban J connectivity index is 2.66. The van der Waals surface area contributed by atoms with Crippen LogP contribution in [0, 0.1) is 0 Å². The Kier molecular flexibility index (Phi) is 2.52. The molecule has 0 aliphatic carbocycles. The van der Waals surface area contributed by atoms with Crippen LogP contribution >= 0.6 is 0 Å². The van der Waals surface area contributed by atoms with Crippen LogP contribution in [-0.4, -0.2) is 10.1 Å². The highest BCUT2D eigenvalue weighted by molar-refractivity contribution is 5.65. The third-order valence-corrected chi connectivity index (χ3v) is 2.40. The van der Waals surface area contributed by atoms with E-state index in [2.05, 4.69) is 10.1 Å². The molecule has 0 saturated heterocycles. The van der Waals surface area contributed by atoms with Crippen molar-refractivity contribution in [2.75, 3.05) is 5.73 Å². The van der Waals surface area contributed by atoms with Crippen molar-refractivity contribution in [3.8, 4) is 11.3 Å². The third-order valence-electron chi connectivity index (χ3n) is 2.40. The molecule has 2 aromatic rings. The number of pyridine rings is 1. The molecule has 2 rings (SSSR count). The summed E-state index contributed by atoms with van der Waals surface area (Å²) in [5.41, 5.74) is 6.83. The van der Waals surface area contributed by atoms with Gasteiger partial charge >= 0.3 is 0 Å². The molecule has 16 heavy (non-hydrogen) atoms. The average molecular weight is 219 g/mol. The first-order chi connectivity index (χ1) is 7.61. The fourth-order valence-electron chi connectivity index (χ4n) is 1.66. The molecule has 84 valence electrons. The van der Waals surface area contributed by atoms with Crippen LogP contribution in [0.3, 0.4) is 0 Å². The Morgan fingerprint density at radius 1 is 1.50 bits per heavy atom. The van der Waals surface area contributed by atoms with Gasteiger partial charge in [0.05, 0.1) is 5.56 Å². The van der Waals surface area contributed by atoms with Crippen LogP contribution in [0.4, 0.5) is 5.82 Å². The van der Waals surface area contributed by atoms with Gasteiger partial charge in [-0.3, -0.25) is 4.79 Å². The van der Waals surface area contributed by atoms with E-state index in [-0.39, 0.29) is 11.3 Å². The largest absolute Gasteiger partial charge is 0.381 e. The molecule has 0 aliphatic heterocycles. The molecule has 0 saturated carbocycles. The summed E-state index contributed by atoms with van der Waals surface area (Å²) in [5.74, 6) is 0.948. The van der Waals surface area contributed by atoms with E-state index >= 15 is 0 Å². The normalized spacial score (nSPS) is 10.9. The molecular formula is C11H13N3O2. The number of hydrogen-bond donors (Lipinski definition) is 2. The van der Waals surface area contributed by atoms with E-state index in [1.807, 2.05) is 13.8 Å². The summed E-state index contributed by atoms with van der Waals surface area (Å²) in [6.45, 7) is 3.95. The summed E-state index contributed by atoms with van der Waals surface area (Å²) in [4.78, 5) is 14.5. The van der Waals surface area contributed by atoms with Crippen molar-refractivity contribution in [2.45, 2.75) is 19.8 Å². The SMILES string of the molecule is CC(C)c1c(N)noc1-c1c[nH]ccc1=O. The zero-order valence-corrected chi connectivity index (χ0v) is 9.15. The van der Waals surface area contributed by atoms with Gasteiger partial charge in [-0.1, -0.05) is 19.0 Å². The van der Waals surface area contributed by atoms with Crippen molar-refractivity contribution in [2.24, 2.45) is 0 Å². The van der Waals surface area contributed by atoms with Gasteiger partial charge in [0.2, 0.25) is 0 Å². The van der Waals surface area contributed by atoms with Crippen molar-refractivity contribution in [1.29, 1.82) is 0 Å². The highest BCUT2D eigenvalue weighted by Crippen LogP contribution is 2.31. The second-order valence-corrected chi connectivity index (χ2v) is 3.89. The molecule has 0 aromatic carbocycles. The first-order valence-corrected chi connectivity index (χ1v) is 5.03. The minimum Gasteiger partial charge on any atom is -0.381 e. The summed E-state index contributed by atoms with van der Waals surface area (Å²) in [6.07, 6.45) is 3.16. The minimum atomic E-state index is -0.114. The van der Waals surface area contributed by atoms with Crippen molar-refractivity contribution in [3.63, 3.8) is 0 Å². The number of nitrogens with zero attached hydrogens (tertiary/aromatic N) is 1. The number of aromatic amines is 1. The molecule has 0 unspecified atom stereocenters. The summed E-state index contributed by atoms with van der Waals surface area (Å²) in [5, 5.41) is 3.71. The second-order valence-electron chi connectivity index (χ2n) is 3.89. The van der Waals surface area contributed by atoms with Crippen LogP contribution in [0.5, 0.6) is 0 Å². The fraction of sp³-hybridized carbons (Fsp3) is 0.273. The highest BCUT2D eigenvalue weighted by atomic mass is 16.5. The number of anilines is 1. The predicted molar refractivity (Wildman–Crippen MR) is 61.1 cm³/mol. The van der Waals surface area contributed by atoms with Crippen molar-refractivity contribution >= 4 is 5.82 Å². The lowest BCUT2D eigenvalue weighted by Crippen LogP contribution is -2.04. The summed E-state index contributed by atoms with van der Waals surface area (Å²) in [7, 11) is 0. The predicted octanol–water partition coefficient (Wildman–Crippen LogP) is 1.74. The highest BCUT2D eigenvalue weighted by Gasteiger charge is 2.20. The number of nitrogens with two attached hydrogens (primary N) is 1. The number of hydrogen-bond acceptors (Lipinski definition) is 4. The van der Waals surface area contributed by atoms with Crippen LogP contribution in [0.15, 0.2) is 27.8 Å². The maximum atomic E-state index is 11.7. The van der Waals surface area contributed by atoms with Crippen molar-refractivity contribution in [1.82, 2.24) is 10.1 Å². The van der Waals surface area contributed by atoms with E-state index in [0.717, 1.165) is 5.56 Å². The lowest BCUT2D eigenvalue weighted by Gasteiger charge is -2.04. The van der Waals surface area contributed by atoms with Crippen LogP contribution in [0.2, 0.25) is 0 Å². The van der Waals surface area contributed by atoms with Gasteiger partial charge < -0.3 is 15.2 Å². The Morgan fingerprint density at radius 2 is 2.25 bits per heavy atom. The van der Waals surface area contributed by atoms with E-state index in [1.54, 1.807) is 12.4 Å². The molecule has 0 atom stereocenters. The van der Waals surface area contributed by atoms with Gasteiger partial charge in [-0.25, -0.2) is 0 Å². The molecule has 3 N–H and O–H groups in total. The molecule has 0 aliphatic rings. The number of nitrogens with one attached hydrogen (secondary N) is 1. The van der Waals surface area contributed by atoms with Crippen LogP contribution in [0.1, 0.15) is 25.3 Å². The molecule has 2 heterocycles. The van der Waals surface area contributed by atoms with Crippen LogP contribution in [-0.2, 0) is 0 Å². The quantitative estimate of drug-likeness (QED) is 0.805. The number of nitrogen functional groups attached to an aromatic ring is 1. The Hall–Kier alpha value is -2.04. The third kappa shape index (κ3) is 1.60. The monoisotopic (exact) mass is 219 g/mol. The van der Waals surface area contributed by atoms with E-state index < -0.39 is 0 Å². The Bertz CT molecular complexity index is 554. The van der Waals surface area contributed by atoms with Crippen LogP contribution < -0.4 is 11.2 Å². The Morgan fingerprint density at radius 3 is 2.88 bits per heavy atom. The first-order valence-electron chi connectivity index (χ1n) is 5.03. The van der Waals surface area contributed by atoms with Gasteiger partial charge in [-0.05, 0) is 5.92 Å². The molecule has 0 spiro atoms. The molecule has 2 aromatic heterocycles. The Labute approximate surface area is 92.3 Å². The first kappa shape index (κ1) is 10.5. The van der Waals surface area contributed by atoms with Crippen molar-refractivity contribution < 1.29 is 4.52 Å². The molecule has 5 nitrogen and oxygen atoms in total.